The number of carboxylic acids is 1. The van der Waals surface area contributed by atoms with Crippen molar-refractivity contribution in [1.29, 1.82) is 0 Å². The van der Waals surface area contributed by atoms with E-state index in [4.69, 9.17) is 9.84 Å². The van der Waals surface area contributed by atoms with Crippen LogP contribution in [0.2, 0.25) is 0 Å². The van der Waals surface area contributed by atoms with Gasteiger partial charge in [0, 0.05) is 13.1 Å². The summed E-state index contributed by atoms with van der Waals surface area (Å²) in [4.78, 5) is 11.1. The Kier molecular flexibility index (Phi) is 5.82. The minimum Gasteiger partial charge on any atom is -0.490 e. The molecule has 0 bridgehead atoms. The van der Waals surface area contributed by atoms with Crippen molar-refractivity contribution in [3.05, 3.63) is 59.7 Å². The van der Waals surface area contributed by atoms with Gasteiger partial charge in [0.25, 0.3) is 0 Å². The summed E-state index contributed by atoms with van der Waals surface area (Å²) in [6.45, 7) is 2.78. The third kappa shape index (κ3) is 4.48. The molecule has 144 valence electrons. The lowest BCUT2D eigenvalue weighted by molar-refractivity contribution is 0.0696. The molecule has 0 saturated carbocycles. The first kappa shape index (κ1) is 19.4. The lowest BCUT2D eigenvalue weighted by Crippen LogP contribution is -2.41. The van der Waals surface area contributed by atoms with E-state index >= 15 is 0 Å². The summed E-state index contributed by atoms with van der Waals surface area (Å²) in [6, 6.07) is 13.4. The quantitative estimate of drug-likeness (QED) is 0.820. The predicted octanol–water partition coefficient (Wildman–Crippen LogP) is 3.18. The number of sulfonamides is 1. The molecule has 0 atom stereocenters. The highest BCUT2D eigenvalue weighted by Gasteiger charge is 2.30. The van der Waals surface area contributed by atoms with Gasteiger partial charge in [-0.05, 0) is 55.2 Å². The van der Waals surface area contributed by atoms with Crippen LogP contribution >= 0.6 is 0 Å². The van der Waals surface area contributed by atoms with E-state index in [0.717, 1.165) is 12.2 Å². The number of carbonyl (C=O) groups is 1. The number of nitrogens with zero attached hydrogens (tertiary/aromatic N) is 1. The number of piperidine rings is 1. The van der Waals surface area contributed by atoms with Gasteiger partial charge in [0.1, 0.15) is 11.9 Å². The number of aryl methyl sites for hydroxylation is 1. The number of rotatable bonds is 6. The first-order valence-corrected chi connectivity index (χ1v) is 10.4. The highest BCUT2D eigenvalue weighted by molar-refractivity contribution is 7.89. The van der Waals surface area contributed by atoms with Crippen LogP contribution in [0.15, 0.2) is 53.4 Å². The number of hydrogen-bond donors (Lipinski definition) is 1. The smallest absolute Gasteiger partial charge is 0.335 e. The lowest BCUT2D eigenvalue weighted by atomic mass is 10.1. The Morgan fingerprint density at radius 1 is 1.15 bits per heavy atom. The Bertz CT molecular complexity index is 917. The van der Waals surface area contributed by atoms with Gasteiger partial charge in [-0.1, -0.05) is 25.1 Å². The van der Waals surface area contributed by atoms with Crippen molar-refractivity contribution >= 4 is 16.0 Å². The highest BCUT2D eigenvalue weighted by atomic mass is 32.2. The summed E-state index contributed by atoms with van der Waals surface area (Å²) in [7, 11) is -3.71. The maximum absolute atomic E-state index is 12.8. The van der Waals surface area contributed by atoms with Gasteiger partial charge in [-0.3, -0.25) is 0 Å². The Labute approximate surface area is 159 Å². The summed E-state index contributed by atoms with van der Waals surface area (Å²) in [6.07, 6.45) is 2.08. The van der Waals surface area contributed by atoms with Gasteiger partial charge >= 0.3 is 5.97 Å². The molecule has 3 rings (SSSR count). The molecule has 0 aromatic heterocycles. The molecule has 0 aliphatic carbocycles. The molecule has 1 aliphatic heterocycles. The van der Waals surface area contributed by atoms with Crippen LogP contribution in [-0.4, -0.2) is 43.0 Å². The second kappa shape index (κ2) is 8.10. The minimum atomic E-state index is -3.71. The van der Waals surface area contributed by atoms with Crippen LogP contribution in [0, 0.1) is 0 Å². The van der Waals surface area contributed by atoms with E-state index < -0.39 is 16.0 Å². The predicted molar refractivity (Wildman–Crippen MR) is 102 cm³/mol. The van der Waals surface area contributed by atoms with Crippen molar-refractivity contribution in [3.63, 3.8) is 0 Å². The van der Waals surface area contributed by atoms with E-state index in [-0.39, 0.29) is 16.6 Å². The summed E-state index contributed by atoms with van der Waals surface area (Å²) < 4.78 is 33.0. The average Bonchev–Trinajstić information content (AvgIpc) is 2.68. The third-order valence-corrected chi connectivity index (χ3v) is 6.62. The molecule has 2 aromatic carbocycles. The molecule has 1 fully saturated rings. The van der Waals surface area contributed by atoms with Crippen LogP contribution in [0.4, 0.5) is 0 Å². The standard InChI is InChI=1S/C20H23NO5S/c1-2-15-5-3-7-18(13-15)26-17-9-11-21(12-10-17)27(24,25)19-8-4-6-16(14-19)20(22)23/h3-8,13-14,17H,2,9-12H2,1H3,(H,22,23). The van der Waals surface area contributed by atoms with E-state index in [9.17, 15) is 13.2 Å². The van der Waals surface area contributed by atoms with Gasteiger partial charge in [-0.2, -0.15) is 4.31 Å². The number of aromatic carboxylic acids is 1. The molecular formula is C20H23NO5S. The molecule has 1 N–H and O–H groups in total. The van der Waals surface area contributed by atoms with Crippen LogP contribution in [0.25, 0.3) is 0 Å². The van der Waals surface area contributed by atoms with Gasteiger partial charge in [-0.25, -0.2) is 13.2 Å². The maximum atomic E-state index is 12.8. The first-order valence-electron chi connectivity index (χ1n) is 8.99. The Morgan fingerprint density at radius 2 is 1.85 bits per heavy atom. The second-order valence-corrected chi connectivity index (χ2v) is 8.49. The molecule has 1 heterocycles. The van der Waals surface area contributed by atoms with E-state index in [0.29, 0.717) is 25.9 Å². The molecule has 0 amide bonds. The normalized spacial score (nSPS) is 16.2. The Morgan fingerprint density at radius 3 is 2.52 bits per heavy atom. The molecule has 1 saturated heterocycles. The zero-order chi connectivity index (χ0) is 19.4. The number of carboxylic acid groups (broad SMARTS) is 1. The van der Waals surface area contributed by atoms with Crippen LogP contribution in [0.1, 0.15) is 35.7 Å². The van der Waals surface area contributed by atoms with Crippen molar-refractivity contribution < 1.29 is 23.1 Å². The number of hydrogen-bond acceptors (Lipinski definition) is 4. The molecule has 6 nitrogen and oxygen atoms in total. The fraction of sp³-hybridized carbons (Fsp3) is 0.350. The molecular weight excluding hydrogens is 366 g/mol. The topological polar surface area (TPSA) is 83.9 Å². The molecule has 0 unspecified atom stereocenters. The van der Waals surface area contributed by atoms with Crippen molar-refractivity contribution in [3.8, 4) is 5.75 Å². The fourth-order valence-electron chi connectivity index (χ4n) is 3.16. The Hall–Kier alpha value is -2.38. The molecule has 0 radical (unpaired) electrons. The van der Waals surface area contributed by atoms with Crippen molar-refractivity contribution in [2.45, 2.75) is 37.2 Å². The second-order valence-electron chi connectivity index (χ2n) is 6.56. The Balaban J connectivity index is 1.66. The van der Waals surface area contributed by atoms with E-state index in [1.54, 1.807) is 0 Å². The molecule has 7 heteroatoms. The maximum Gasteiger partial charge on any atom is 0.335 e. The largest absolute Gasteiger partial charge is 0.490 e. The zero-order valence-electron chi connectivity index (χ0n) is 15.2. The third-order valence-electron chi connectivity index (χ3n) is 4.73. The highest BCUT2D eigenvalue weighted by Crippen LogP contribution is 2.25. The summed E-state index contributed by atoms with van der Waals surface area (Å²) >= 11 is 0. The summed E-state index contributed by atoms with van der Waals surface area (Å²) in [5, 5.41) is 9.07. The summed E-state index contributed by atoms with van der Waals surface area (Å²) in [5.74, 6) is -0.335. The van der Waals surface area contributed by atoms with Crippen LogP contribution in [0.5, 0.6) is 5.75 Å². The lowest BCUT2D eigenvalue weighted by Gasteiger charge is -2.31. The first-order chi connectivity index (χ1) is 12.9. The van der Waals surface area contributed by atoms with E-state index in [1.807, 2.05) is 24.3 Å². The molecule has 0 spiro atoms. The monoisotopic (exact) mass is 389 g/mol. The number of ether oxygens (including phenoxy) is 1. The molecule has 27 heavy (non-hydrogen) atoms. The van der Waals surface area contributed by atoms with Crippen LogP contribution in [0.3, 0.4) is 0 Å². The van der Waals surface area contributed by atoms with Crippen LogP contribution < -0.4 is 4.74 Å². The zero-order valence-corrected chi connectivity index (χ0v) is 16.0. The molecule has 1 aliphatic rings. The van der Waals surface area contributed by atoms with Gasteiger partial charge in [0.05, 0.1) is 10.5 Å². The van der Waals surface area contributed by atoms with Crippen molar-refractivity contribution in [2.75, 3.05) is 13.1 Å². The van der Waals surface area contributed by atoms with E-state index in [1.165, 1.54) is 34.1 Å². The van der Waals surface area contributed by atoms with Gasteiger partial charge in [0.2, 0.25) is 10.0 Å². The minimum absolute atomic E-state index is 0.0115. The van der Waals surface area contributed by atoms with Crippen LogP contribution in [-0.2, 0) is 16.4 Å². The van der Waals surface area contributed by atoms with Gasteiger partial charge in [0.15, 0.2) is 0 Å². The van der Waals surface area contributed by atoms with Gasteiger partial charge < -0.3 is 9.84 Å². The number of benzene rings is 2. The molecule has 2 aromatic rings. The van der Waals surface area contributed by atoms with Gasteiger partial charge in [-0.15, -0.1) is 0 Å². The van der Waals surface area contributed by atoms with Crippen molar-refractivity contribution in [2.24, 2.45) is 0 Å². The average molecular weight is 389 g/mol. The van der Waals surface area contributed by atoms with E-state index in [2.05, 4.69) is 6.92 Å². The SMILES string of the molecule is CCc1cccc(OC2CCN(S(=O)(=O)c3cccc(C(=O)O)c3)CC2)c1. The summed E-state index contributed by atoms with van der Waals surface area (Å²) in [5.41, 5.74) is 1.16. The fourth-order valence-corrected chi connectivity index (χ4v) is 4.68. The van der Waals surface area contributed by atoms with Crippen molar-refractivity contribution in [1.82, 2.24) is 4.31 Å².